The van der Waals surface area contributed by atoms with Gasteiger partial charge in [-0.1, -0.05) is 12.1 Å². The topological polar surface area (TPSA) is 58.4 Å². The first-order chi connectivity index (χ1) is 8.74. The monoisotopic (exact) mass is 247 g/mol. The number of anilines is 1. The van der Waals surface area contributed by atoms with Crippen LogP contribution >= 0.6 is 0 Å². The van der Waals surface area contributed by atoms with Gasteiger partial charge in [0, 0.05) is 38.3 Å². The SMILES string of the molecule is CNC(=O)CCN(c1ccc(CN)cc1)C1CC1. The zero-order valence-electron chi connectivity index (χ0n) is 10.9. The first-order valence-electron chi connectivity index (χ1n) is 6.51. The van der Waals surface area contributed by atoms with Crippen LogP contribution < -0.4 is 16.0 Å². The highest BCUT2D eigenvalue weighted by atomic mass is 16.1. The zero-order chi connectivity index (χ0) is 13.0. The van der Waals surface area contributed by atoms with E-state index in [2.05, 4.69) is 34.5 Å². The Bertz CT molecular complexity index is 398. The van der Waals surface area contributed by atoms with Crippen molar-refractivity contribution >= 4 is 11.6 Å². The molecule has 0 saturated heterocycles. The van der Waals surface area contributed by atoms with Crippen LogP contribution in [0, 0.1) is 0 Å². The number of nitrogens with zero attached hydrogens (tertiary/aromatic N) is 1. The van der Waals surface area contributed by atoms with Crippen molar-refractivity contribution in [1.29, 1.82) is 0 Å². The average Bonchev–Trinajstić information content (AvgIpc) is 3.24. The van der Waals surface area contributed by atoms with E-state index >= 15 is 0 Å². The largest absolute Gasteiger partial charge is 0.368 e. The lowest BCUT2D eigenvalue weighted by molar-refractivity contribution is -0.120. The molecule has 3 N–H and O–H groups in total. The second-order valence-electron chi connectivity index (χ2n) is 4.72. The number of amides is 1. The minimum absolute atomic E-state index is 0.0965. The summed E-state index contributed by atoms with van der Waals surface area (Å²) in [5.41, 5.74) is 7.93. The van der Waals surface area contributed by atoms with Gasteiger partial charge in [-0.25, -0.2) is 0 Å². The Hall–Kier alpha value is -1.55. The summed E-state index contributed by atoms with van der Waals surface area (Å²) in [6.07, 6.45) is 3.00. The highest BCUT2D eigenvalue weighted by molar-refractivity contribution is 5.76. The summed E-state index contributed by atoms with van der Waals surface area (Å²) in [6, 6.07) is 8.93. The smallest absolute Gasteiger partial charge is 0.221 e. The number of benzene rings is 1. The average molecular weight is 247 g/mol. The molecule has 1 amide bonds. The fraction of sp³-hybridized carbons (Fsp3) is 0.500. The van der Waals surface area contributed by atoms with Gasteiger partial charge in [-0.15, -0.1) is 0 Å². The summed E-state index contributed by atoms with van der Waals surface area (Å²) in [6.45, 7) is 1.36. The van der Waals surface area contributed by atoms with Gasteiger partial charge in [0.05, 0.1) is 0 Å². The molecule has 0 bridgehead atoms. The molecular weight excluding hydrogens is 226 g/mol. The van der Waals surface area contributed by atoms with Gasteiger partial charge < -0.3 is 16.0 Å². The van der Waals surface area contributed by atoms with Crippen molar-refractivity contribution in [3.8, 4) is 0 Å². The molecular formula is C14H21N3O. The number of hydrogen-bond acceptors (Lipinski definition) is 3. The van der Waals surface area contributed by atoms with E-state index in [4.69, 9.17) is 5.73 Å². The van der Waals surface area contributed by atoms with Crippen molar-refractivity contribution in [3.05, 3.63) is 29.8 Å². The quantitative estimate of drug-likeness (QED) is 0.795. The van der Waals surface area contributed by atoms with E-state index in [0.717, 1.165) is 12.1 Å². The lowest BCUT2D eigenvalue weighted by Crippen LogP contribution is -2.31. The zero-order valence-corrected chi connectivity index (χ0v) is 10.9. The summed E-state index contributed by atoms with van der Waals surface area (Å²) in [7, 11) is 1.68. The molecule has 0 atom stereocenters. The number of hydrogen-bond donors (Lipinski definition) is 2. The second kappa shape index (κ2) is 5.87. The van der Waals surface area contributed by atoms with E-state index in [-0.39, 0.29) is 5.91 Å². The van der Waals surface area contributed by atoms with Crippen LogP contribution in [-0.4, -0.2) is 25.5 Å². The lowest BCUT2D eigenvalue weighted by atomic mass is 10.2. The van der Waals surface area contributed by atoms with Crippen LogP contribution in [0.15, 0.2) is 24.3 Å². The molecule has 18 heavy (non-hydrogen) atoms. The predicted molar refractivity (Wildman–Crippen MR) is 73.4 cm³/mol. The van der Waals surface area contributed by atoms with E-state index in [1.807, 2.05) is 0 Å². The Labute approximate surface area is 108 Å². The van der Waals surface area contributed by atoms with Gasteiger partial charge in [0.25, 0.3) is 0 Å². The Balaban J connectivity index is 2.02. The van der Waals surface area contributed by atoms with E-state index in [1.54, 1.807) is 7.05 Å². The van der Waals surface area contributed by atoms with Crippen LogP contribution in [-0.2, 0) is 11.3 Å². The van der Waals surface area contributed by atoms with E-state index < -0.39 is 0 Å². The van der Waals surface area contributed by atoms with Crippen LogP contribution in [0.3, 0.4) is 0 Å². The van der Waals surface area contributed by atoms with Gasteiger partial charge in [0.1, 0.15) is 0 Å². The number of carbonyl (C=O) groups excluding carboxylic acids is 1. The molecule has 4 nitrogen and oxygen atoms in total. The normalized spacial score (nSPS) is 14.3. The third-order valence-corrected chi connectivity index (χ3v) is 3.35. The molecule has 1 aromatic rings. The van der Waals surface area contributed by atoms with Crippen LogP contribution in [0.25, 0.3) is 0 Å². The first-order valence-corrected chi connectivity index (χ1v) is 6.51. The summed E-state index contributed by atoms with van der Waals surface area (Å²) in [5, 5.41) is 2.67. The van der Waals surface area contributed by atoms with Gasteiger partial charge in [-0.2, -0.15) is 0 Å². The van der Waals surface area contributed by atoms with Crippen molar-refractivity contribution in [2.24, 2.45) is 5.73 Å². The van der Waals surface area contributed by atoms with Gasteiger partial charge >= 0.3 is 0 Å². The maximum absolute atomic E-state index is 11.3. The summed E-state index contributed by atoms with van der Waals surface area (Å²) >= 11 is 0. The molecule has 0 aromatic heterocycles. The first kappa shape index (κ1) is 12.9. The predicted octanol–water partition coefficient (Wildman–Crippen LogP) is 1.25. The minimum atomic E-state index is 0.0965. The standard InChI is InChI=1S/C14H21N3O/c1-16-14(18)8-9-17(13-6-7-13)12-4-2-11(10-15)3-5-12/h2-5,13H,6-10,15H2,1H3,(H,16,18). The highest BCUT2D eigenvalue weighted by Gasteiger charge is 2.29. The van der Waals surface area contributed by atoms with E-state index in [9.17, 15) is 4.79 Å². The molecule has 2 rings (SSSR count). The third-order valence-electron chi connectivity index (χ3n) is 3.35. The van der Waals surface area contributed by atoms with Gasteiger partial charge in [-0.3, -0.25) is 4.79 Å². The van der Waals surface area contributed by atoms with Crippen LogP contribution in [0.1, 0.15) is 24.8 Å². The Morgan fingerprint density at radius 1 is 1.39 bits per heavy atom. The number of nitrogens with one attached hydrogen (secondary N) is 1. The van der Waals surface area contributed by atoms with Crippen molar-refractivity contribution in [2.75, 3.05) is 18.5 Å². The lowest BCUT2D eigenvalue weighted by Gasteiger charge is -2.24. The summed E-state index contributed by atoms with van der Waals surface area (Å²) in [5.74, 6) is 0.0965. The molecule has 1 aliphatic rings. The summed E-state index contributed by atoms with van der Waals surface area (Å²) < 4.78 is 0. The highest BCUT2D eigenvalue weighted by Crippen LogP contribution is 2.31. The Kier molecular flexibility index (Phi) is 4.20. The third kappa shape index (κ3) is 3.23. The van der Waals surface area contributed by atoms with Crippen LogP contribution in [0.4, 0.5) is 5.69 Å². The second-order valence-corrected chi connectivity index (χ2v) is 4.72. The summed E-state index contributed by atoms with van der Waals surface area (Å²) in [4.78, 5) is 13.7. The molecule has 0 aliphatic heterocycles. The van der Waals surface area contributed by atoms with E-state index in [0.29, 0.717) is 19.0 Å². The fourth-order valence-corrected chi connectivity index (χ4v) is 2.08. The minimum Gasteiger partial charge on any atom is -0.368 e. The molecule has 1 fully saturated rings. The molecule has 1 aliphatic carbocycles. The van der Waals surface area contributed by atoms with Gasteiger partial charge in [0.2, 0.25) is 5.91 Å². The molecule has 0 unspecified atom stereocenters. The molecule has 1 aromatic carbocycles. The Morgan fingerprint density at radius 3 is 2.56 bits per heavy atom. The number of nitrogens with two attached hydrogens (primary N) is 1. The fourth-order valence-electron chi connectivity index (χ4n) is 2.08. The molecule has 4 heteroatoms. The van der Waals surface area contributed by atoms with Crippen LogP contribution in [0.5, 0.6) is 0 Å². The van der Waals surface area contributed by atoms with Crippen molar-refractivity contribution in [2.45, 2.75) is 31.8 Å². The maximum Gasteiger partial charge on any atom is 0.221 e. The molecule has 1 saturated carbocycles. The molecule has 0 heterocycles. The van der Waals surface area contributed by atoms with E-state index in [1.165, 1.54) is 18.5 Å². The maximum atomic E-state index is 11.3. The van der Waals surface area contributed by atoms with Gasteiger partial charge in [-0.05, 0) is 30.5 Å². The Morgan fingerprint density at radius 2 is 2.06 bits per heavy atom. The van der Waals surface area contributed by atoms with Crippen molar-refractivity contribution in [1.82, 2.24) is 5.32 Å². The van der Waals surface area contributed by atoms with Crippen molar-refractivity contribution in [3.63, 3.8) is 0 Å². The number of rotatable bonds is 6. The van der Waals surface area contributed by atoms with Crippen molar-refractivity contribution < 1.29 is 4.79 Å². The van der Waals surface area contributed by atoms with Gasteiger partial charge in [0.15, 0.2) is 0 Å². The van der Waals surface area contributed by atoms with Crippen LogP contribution in [0.2, 0.25) is 0 Å². The number of carbonyl (C=O) groups is 1. The molecule has 98 valence electrons. The molecule has 0 radical (unpaired) electrons. The molecule has 0 spiro atoms.